The number of aromatic amines is 1. The number of aliphatic hydroxyl groups is 1. The Morgan fingerprint density at radius 1 is 1.18 bits per heavy atom. The number of anilines is 1. The van der Waals surface area contributed by atoms with Crippen molar-refractivity contribution in [3.8, 4) is 11.5 Å². The highest BCUT2D eigenvalue weighted by molar-refractivity contribution is 6.35. The summed E-state index contributed by atoms with van der Waals surface area (Å²) in [5.41, 5.74) is 1.32. The van der Waals surface area contributed by atoms with Gasteiger partial charge in [-0.25, -0.2) is 9.97 Å². The lowest BCUT2D eigenvalue weighted by Crippen LogP contribution is -2.44. The summed E-state index contributed by atoms with van der Waals surface area (Å²) in [6.07, 6.45) is 2.77. The number of carbonyl (C=O) groups excluding carboxylic acids is 1. The summed E-state index contributed by atoms with van der Waals surface area (Å²) in [6.45, 7) is 1.43. The van der Waals surface area contributed by atoms with E-state index in [9.17, 15) is 9.90 Å². The molecule has 0 radical (unpaired) electrons. The monoisotopic (exact) mass is 464 g/mol. The van der Waals surface area contributed by atoms with Crippen LogP contribution in [0.1, 0.15) is 15.9 Å². The van der Waals surface area contributed by atoms with Crippen molar-refractivity contribution >= 4 is 34.2 Å². The fraction of sp³-hybridized carbons (Fsp3) is 0.208. The highest BCUT2D eigenvalue weighted by Gasteiger charge is 2.26. The summed E-state index contributed by atoms with van der Waals surface area (Å²) in [5, 5.41) is 10.4. The first-order chi connectivity index (χ1) is 16.1. The summed E-state index contributed by atoms with van der Waals surface area (Å²) in [6, 6.07) is 14.3. The molecule has 5 rings (SSSR count). The van der Waals surface area contributed by atoms with Crippen LogP contribution in [0.15, 0.2) is 61.1 Å². The van der Waals surface area contributed by atoms with E-state index in [-0.39, 0.29) is 23.5 Å². The average molecular weight is 465 g/mol. The van der Waals surface area contributed by atoms with Crippen molar-refractivity contribution in [1.82, 2.24) is 15.0 Å². The standard InChI is InChI=1S/C24H21ClN4O4/c25-20-10-16(33-15-4-2-1-3-5-15)6-7-18(20)22(31)19-11-26-23-21(19)24(28-14-27-23)29-8-9-32-17(12-29)13-30/h1-7,10-11,14,17,30H,8-9,12-13H2,(H,26,27,28). The summed E-state index contributed by atoms with van der Waals surface area (Å²) in [5.74, 6) is 1.58. The Kier molecular flexibility index (Phi) is 5.95. The number of rotatable bonds is 6. The molecule has 1 aliphatic heterocycles. The van der Waals surface area contributed by atoms with Gasteiger partial charge < -0.3 is 24.5 Å². The van der Waals surface area contributed by atoms with Gasteiger partial charge in [-0.2, -0.15) is 0 Å². The summed E-state index contributed by atoms with van der Waals surface area (Å²) >= 11 is 6.49. The molecule has 33 heavy (non-hydrogen) atoms. The second kappa shape index (κ2) is 9.19. The molecular weight excluding hydrogens is 444 g/mol. The molecular formula is C24H21ClN4O4. The minimum atomic E-state index is -0.312. The number of hydrogen-bond donors (Lipinski definition) is 2. The molecule has 4 aromatic rings. The maximum absolute atomic E-state index is 13.5. The van der Waals surface area contributed by atoms with E-state index in [1.54, 1.807) is 24.4 Å². The molecule has 1 atom stereocenters. The van der Waals surface area contributed by atoms with Gasteiger partial charge in [0.25, 0.3) is 0 Å². The van der Waals surface area contributed by atoms with E-state index in [0.717, 1.165) is 0 Å². The molecule has 3 heterocycles. The highest BCUT2D eigenvalue weighted by Crippen LogP contribution is 2.32. The van der Waals surface area contributed by atoms with E-state index >= 15 is 0 Å². The molecule has 0 amide bonds. The third-order valence-electron chi connectivity index (χ3n) is 5.50. The van der Waals surface area contributed by atoms with Crippen LogP contribution < -0.4 is 9.64 Å². The predicted octanol–water partition coefficient (Wildman–Crippen LogP) is 3.83. The Morgan fingerprint density at radius 3 is 2.82 bits per heavy atom. The average Bonchev–Trinajstić information content (AvgIpc) is 3.29. The second-order valence-corrected chi connectivity index (χ2v) is 8.04. The number of hydrogen-bond acceptors (Lipinski definition) is 7. The van der Waals surface area contributed by atoms with Crippen LogP contribution >= 0.6 is 11.6 Å². The summed E-state index contributed by atoms with van der Waals surface area (Å²) in [4.78, 5) is 27.3. The number of ether oxygens (including phenoxy) is 2. The lowest BCUT2D eigenvalue weighted by molar-refractivity contribution is 0.00343. The topological polar surface area (TPSA) is 101 Å². The number of aliphatic hydroxyl groups excluding tert-OH is 1. The molecule has 0 aliphatic carbocycles. The molecule has 8 nitrogen and oxygen atoms in total. The molecule has 9 heteroatoms. The highest BCUT2D eigenvalue weighted by atomic mass is 35.5. The van der Waals surface area contributed by atoms with E-state index in [1.165, 1.54) is 6.33 Å². The molecule has 2 aromatic heterocycles. The number of halogens is 1. The van der Waals surface area contributed by atoms with Gasteiger partial charge >= 0.3 is 0 Å². The van der Waals surface area contributed by atoms with Crippen molar-refractivity contribution in [3.05, 3.63) is 77.2 Å². The predicted molar refractivity (Wildman–Crippen MR) is 124 cm³/mol. The van der Waals surface area contributed by atoms with Gasteiger partial charge in [-0.3, -0.25) is 4.79 Å². The Hall–Kier alpha value is -3.46. The van der Waals surface area contributed by atoms with Crippen molar-refractivity contribution in [2.24, 2.45) is 0 Å². The Morgan fingerprint density at radius 2 is 2.03 bits per heavy atom. The SMILES string of the molecule is O=C(c1ccc(Oc2ccccc2)cc1Cl)c1c[nH]c2ncnc(N3CCOC(CO)C3)c12. The number of fused-ring (bicyclic) bond motifs is 1. The molecule has 2 aromatic carbocycles. The van der Waals surface area contributed by atoms with Gasteiger partial charge in [-0.05, 0) is 24.3 Å². The molecule has 168 valence electrons. The Balaban J connectivity index is 1.47. The van der Waals surface area contributed by atoms with Crippen LogP contribution in [0.2, 0.25) is 5.02 Å². The molecule has 0 bridgehead atoms. The number of aromatic nitrogens is 3. The number of nitrogens with zero attached hydrogens (tertiary/aromatic N) is 3. The third-order valence-corrected chi connectivity index (χ3v) is 5.81. The van der Waals surface area contributed by atoms with Gasteiger partial charge in [0.05, 0.1) is 35.3 Å². The normalized spacial score (nSPS) is 16.2. The van der Waals surface area contributed by atoms with Crippen molar-refractivity contribution in [2.45, 2.75) is 6.10 Å². The zero-order valence-electron chi connectivity index (χ0n) is 17.6. The van der Waals surface area contributed by atoms with E-state index in [2.05, 4.69) is 15.0 Å². The number of ketones is 1. The van der Waals surface area contributed by atoms with Gasteiger partial charge in [0.1, 0.15) is 29.3 Å². The van der Waals surface area contributed by atoms with Crippen LogP contribution in [0.5, 0.6) is 11.5 Å². The zero-order valence-corrected chi connectivity index (χ0v) is 18.3. The summed E-state index contributed by atoms with van der Waals surface area (Å²) in [7, 11) is 0. The number of nitrogens with one attached hydrogen (secondary N) is 1. The number of H-pyrrole nitrogens is 1. The largest absolute Gasteiger partial charge is 0.457 e. The zero-order chi connectivity index (χ0) is 22.8. The van der Waals surface area contributed by atoms with Crippen LogP contribution in [0.4, 0.5) is 5.82 Å². The van der Waals surface area contributed by atoms with Gasteiger partial charge in [0.15, 0.2) is 5.78 Å². The lowest BCUT2D eigenvalue weighted by Gasteiger charge is -2.33. The molecule has 1 unspecified atom stereocenters. The van der Waals surface area contributed by atoms with Crippen LogP contribution in [0.25, 0.3) is 11.0 Å². The van der Waals surface area contributed by atoms with E-state index < -0.39 is 0 Å². The van der Waals surface area contributed by atoms with Crippen molar-refractivity contribution in [1.29, 1.82) is 0 Å². The Bertz CT molecular complexity index is 1290. The van der Waals surface area contributed by atoms with Gasteiger partial charge in [0.2, 0.25) is 0 Å². The van der Waals surface area contributed by atoms with E-state index in [1.807, 2.05) is 35.2 Å². The smallest absolute Gasteiger partial charge is 0.196 e. The van der Waals surface area contributed by atoms with Crippen molar-refractivity contribution in [2.75, 3.05) is 31.2 Å². The first-order valence-corrected chi connectivity index (χ1v) is 10.9. The van der Waals surface area contributed by atoms with Crippen LogP contribution in [-0.2, 0) is 4.74 Å². The quantitative estimate of drug-likeness (QED) is 0.418. The van der Waals surface area contributed by atoms with E-state index in [4.69, 9.17) is 21.1 Å². The van der Waals surface area contributed by atoms with Crippen molar-refractivity contribution in [3.63, 3.8) is 0 Å². The molecule has 1 aliphatic rings. The van der Waals surface area contributed by atoms with Crippen molar-refractivity contribution < 1.29 is 19.4 Å². The first-order valence-electron chi connectivity index (χ1n) is 10.5. The second-order valence-electron chi connectivity index (χ2n) is 7.63. The number of benzene rings is 2. The molecule has 0 spiro atoms. The van der Waals surface area contributed by atoms with Crippen LogP contribution in [-0.4, -0.2) is 58.2 Å². The summed E-state index contributed by atoms with van der Waals surface area (Å²) < 4.78 is 11.4. The maximum Gasteiger partial charge on any atom is 0.196 e. The molecule has 1 saturated heterocycles. The van der Waals surface area contributed by atoms with Gasteiger partial charge in [-0.15, -0.1) is 0 Å². The van der Waals surface area contributed by atoms with Crippen LogP contribution in [0.3, 0.4) is 0 Å². The minimum Gasteiger partial charge on any atom is -0.457 e. The molecule has 2 N–H and O–H groups in total. The number of para-hydroxylation sites is 1. The first kappa shape index (κ1) is 21.4. The maximum atomic E-state index is 13.5. The van der Waals surface area contributed by atoms with Gasteiger partial charge in [0, 0.05) is 30.9 Å². The number of morpholine rings is 1. The lowest BCUT2D eigenvalue weighted by atomic mass is 10.0. The fourth-order valence-electron chi connectivity index (χ4n) is 3.90. The van der Waals surface area contributed by atoms with E-state index in [0.29, 0.717) is 59.2 Å². The Labute approximate surface area is 194 Å². The fourth-order valence-corrected chi connectivity index (χ4v) is 4.16. The molecule has 1 fully saturated rings. The third kappa shape index (κ3) is 4.28. The van der Waals surface area contributed by atoms with Gasteiger partial charge in [-0.1, -0.05) is 29.8 Å². The number of carbonyl (C=O) groups is 1. The minimum absolute atomic E-state index is 0.0866. The van der Waals surface area contributed by atoms with Crippen LogP contribution in [0, 0.1) is 0 Å². The molecule has 0 saturated carbocycles.